The van der Waals surface area contributed by atoms with E-state index in [1.165, 1.54) is 4.90 Å². The number of ether oxygens (including phenoxy) is 1. The van der Waals surface area contributed by atoms with Crippen LogP contribution < -0.4 is 15.1 Å². The molecule has 178 valence electrons. The number of aryl methyl sites for hydroxylation is 2. The van der Waals surface area contributed by atoms with Gasteiger partial charge in [0, 0.05) is 6.07 Å². The summed E-state index contributed by atoms with van der Waals surface area (Å²) in [6, 6.07) is 23.5. The summed E-state index contributed by atoms with van der Waals surface area (Å²) in [6.45, 7) is 4.05. The molecule has 7 heteroatoms. The fourth-order valence-corrected chi connectivity index (χ4v) is 4.62. The first kappa shape index (κ1) is 21.9. The zero-order chi connectivity index (χ0) is 24.8. The van der Waals surface area contributed by atoms with Crippen molar-refractivity contribution in [3.8, 4) is 5.75 Å². The lowest BCUT2D eigenvalue weighted by molar-refractivity contribution is 0.0969. The van der Waals surface area contributed by atoms with Gasteiger partial charge >= 0.3 is 0 Å². The number of amides is 1. The Kier molecular flexibility index (Phi) is 5.18. The van der Waals surface area contributed by atoms with Crippen LogP contribution in [0.3, 0.4) is 0 Å². The Labute approximate surface area is 206 Å². The van der Waals surface area contributed by atoms with E-state index in [-0.39, 0.29) is 16.8 Å². The fraction of sp³-hybridized carbons (Fsp3) is 0.138. The number of anilines is 1. The summed E-state index contributed by atoms with van der Waals surface area (Å²) >= 11 is 0. The molecule has 0 saturated heterocycles. The Hall–Kier alpha value is -4.65. The van der Waals surface area contributed by atoms with Crippen molar-refractivity contribution in [2.75, 3.05) is 4.90 Å². The smallest absolute Gasteiger partial charge is 0.296 e. The summed E-state index contributed by atoms with van der Waals surface area (Å²) in [5, 5.41) is 4.51. The largest absolute Gasteiger partial charge is 0.489 e. The third-order valence-corrected chi connectivity index (χ3v) is 6.31. The van der Waals surface area contributed by atoms with Gasteiger partial charge in [-0.1, -0.05) is 59.3 Å². The number of rotatable bonds is 5. The number of aromatic nitrogens is 1. The minimum Gasteiger partial charge on any atom is -0.489 e. The highest BCUT2D eigenvalue weighted by Gasteiger charge is 2.45. The molecule has 7 nitrogen and oxygen atoms in total. The molecule has 3 heterocycles. The Morgan fingerprint density at radius 3 is 2.56 bits per heavy atom. The van der Waals surface area contributed by atoms with Gasteiger partial charge in [-0.25, -0.2) is 0 Å². The molecule has 0 bridgehead atoms. The number of carbonyl (C=O) groups excluding carboxylic acids is 1. The van der Waals surface area contributed by atoms with E-state index in [4.69, 9.17) is 13.7 Å². The Balaban J connectivity index is 1.49. The third-order valence-electron chi connectivity index (χ3n) is 6.31. The molecule has 36 heavy (non-hydrogen) atoms. The quantitative estimate of drug-likeness (QED) is 0.321. The Morgan fingerprint density at radius 1 is 0.944 bits per heavy atom. The minimum atomic E-state index is -0.751. The van der Waals surface area contributed by atoms with E-state index in [0.29, 0.717) is 40.5 Å². The van der Waals surface area contributed by atoms with E-state index in [1.54, 1.807) is 25.1 Å². The second kappa shape index (κ2) is 8.53. The van der Waals surface area contributed by atoms with Gasteiger partial charge in [0.2, 0.25) is 5.76 Å². The number of hydrogen-bond donors (Lipinski definition) is 0. The van der Waals surface area contributed by atoms with Crippen molar-refractivity contribution in [1.82, 2.24) is 5.16 Å². The average molecular weight is 479 g/mol. The molecule has 5 aromatic rings. The van der Waals surface area contributed by atoms with Crippen molar-refractivity contribution in [1.29, 1.82) is 0 Å². The van der Waals surface area contributed by atoms with Crippen LogP contribution >= 0.6 is 0 Å². The zero-order valence-electron chi connectivity index (χ0n) is 19.7. The molecule has 1 unspecified atom stereocenters. The Bertz CT molecular complexity index is 1670. The van der Waals surface area contributed by atoms with Crippen LogP contribution in [0, 0.1) is 13.8 Å². The lowest BCUT2D eigenvalue weighted by atomic mass is 9.98. The maximum Gasteiger partial charge on any atom is 0.296 e. The van der Waals surface area contributed by atoms with Crippen LogP contribution in [0.4, 0.5) is 5.82 Å². The van der Waals surface area contributed by atoms with E-state index in [2.05, 4.69) is 5.16 Å². The molecule has 1 aliphatic heterocycles. The fourth-order valence-electron chi connectivity index (χ4n) is 4.62. The average Bonchev–Trinajstić information content (AvgIpc) is 3.45. The Morgan fingerprint density at radius 2 is 1.78 bits per heavy atom. The first-order chi connectivity index (χ1) is 17.5. The van der Waals surface area contributed by atoms with E-state index in [0.717, 1.165) is 11.1 Å². The van der Waals surface area contributed by atoms with Crippen LogP contribution in [0.2, 0.25) is 0 Å². The highest BCUT2D eigenvalue weighted by atomic mass is 16.5. The lowest BCUT2D eigenvalue weighted by Crippen LogP contribution is -2.29. The predicted octanol–water partition coefficient (Wildman–Crippen LogP) is 5.73. The molecule has 1 aliphatic rings. The third kappa shape index (κ3) is 3.65. The van der Waals surface area contributed by atoms with Crippen LogP contribution in [0.15, 0.2) is 92.6 Å². The van der Waals surface area contributed by atoms with Crippen LogP contribution in [-0.2, 0) is 6.61 Å². The summed E-state index contributed by atoms with van der Waals surface area (Å²) in [4.78, 5) is 28.8. The molecule has 0 spiro atoms. The topological polar surface area (TPSA) is 85.8 Å². The molecular weight excluding hydrogens is 456 g/mol. The molecule has 1 atom stereocenters. The molecule has 0 fully saturated rings. The van der Waals surface area contributed by atoms with Crippen LogP contribution in [0.1, 0.15) is 44.6 Å². The van der Waals surface area contributed by atoms with Gasteiger partial charge in [0.1, 0.15) is 23.7 Å². The van der Waals surface area contributed by atoms with Crippen molar-refractivity contribution in [3.05, 3.63) is 123 Å². The normalized spacial score (nSPS) is 14.9. The summed E-state index contributed by atoms with van der Waals surface area (Å²) in [5.41, 5.74) is 3.06. The summed E-state index contributed by atoms with van der Waals surface area (Å²) in [7, 11) is 0. The number of fused-ring (bicyclic) bond motifs is 2. The van der Waals surface area contributed by atoms with Gasteiger partial charge < -0.3 is 13.7 Å². The monoisotopic (exact) mass is 478 g/mol. The number of carbonyl (C=O) groups is 1. The van der Waals surface area contributed by atoms with E-state index in [1.807, 2.05) is 67.6 Å². The van der Waals surface area contributed by atoms with E-state index in [9.17, 15) is 9.59 Å². The standard InChI is InChI=1S/C29H22N2O5/c1-17-11-12-23-22(13-17)27(32)25-26(31(29(33)28(25)35-23)24-14-18(2)36-30-24)20-9-6-10-21(15-20)34-16-19-7-4-3-5-8-19/h3-15,26H,16H2,1-2H3. The van der Waals surface area contributed by atoms with E-state index < -0.39 is 11.9 Å². The van der Waals surface area contributed by atoms with Crippen molar-refractivity contribution >= 4 is 22.7 Å². The number of benzene rings is 3. The van der Waals surface area contributed by atoms with Crippen LogP contribution in [0.25, 0.3) is 11.0 Å². The van der Waals surface area contributed by atoms with Gasteiger partial charge in [-0.2, -0.15) is 0 Å². The molecule has 0 N–H and O–H groups in total. The number of nitrogens with zero attached hydrogens (tertiary/aromatic N) is 2. The zero-order valence-corrected chi connectivity index (χ0v) is 19.7. The SMILES string of the molecule is Cc1ccc2oc3c(c(=O)c2c1)C(c1cccc(OCc2ccccc2)c1)N(c1cc(C)on1)C3=O. The van der Waals surface area contributed by atoms with Crippen molar-refractivity contribution in [2.45, 2.75) is 26.5 Å². The maximum absolute atomic E-state index is 13.8. The first-order valence-corrected chi connectivity index (χ1v) is 11.6. The molecule has 2 aromatic heterocycles. The molecular formula is C29H22N2O5. The van der Waals surface area contributed by atoms with Gasteiger partial charge in [0.25, 0.3) is 5.91 Å². The van der Waals surface area contributed by atoms with Gasteiger partial charge in [-0.3, -0.25) is 14.5 Å². The molecule has 0 aliphatic carbocycles. The van der Waals surface area contributed by atoms with Gasteiger partial charge in [0.05, 0.1) is 17.0 Å². The summed E-state index contributed by atoms with van der Waals surface area (Å²) < 4.78 is 17.3. The molecule has 3 aromatic carbocycles. The van der Waals surface area contributed by atoms with Crippen LogP contribution in [-0.4, -0.2) is 11.1 Å². The van der Waals surface area contributed by atoms with Crippen LogP contribution in [0.5, 0.6) is 5.75 Å². The molecule has 0 radical (unpaired) electrons. The number of hydrogen-bond acceptors (Lipinski definition) is 6. The van der Waals surface area contributed by atoms with Gasteiger partial charge in [-0.15, -0.1) is 0 Å². The molecule has 6 rings (SSSR count). The maximum atomic E-state index is 13.8. The first-order valence-electron chi connectivity index (χ1n) is 11.6. The predicted molar refractivity (Wildman–Crippen MR) is 134 cm³/mol. The van der Waals surface area contributed by atoms with Crippen molar-refractivity contribution in [3.63, 3.8) is 0 Å². The lowest BCUT2D eigenvalue weighted by Gasteiger charge is -2.23. The minimum absolute atomic E-state index is 0.0117. The second-order valence-corrected chi connectivity index (χ2v) is 8.89. The summed E-state index contributed by atoms with van der Waals surface area (Å²) in [6.07, 6.45) is 0. The highest BCUT2D eigenvalue weighted by molar-refractivity contribution is 6.10. The van der Waals surface area contributed by atoms with E-state index >= 15 is 0 Å². The van der Waals surface area contributed by atoms with Crippen molar-refractivity contribution < 1.29 is 18.5 Å². The molecule has 1 amide bonds. The summed E-state index contributed by atoms with van der Waals surface area (Å²) in [5.74, 6) is 1.04. The van der Waals surface area contributed by atoms with Gasteiger partial charge in [-0.05, 0) is 49.2 Å². The highest BCUT2D eigenvalue weighted by Crippen LogP contribution is 2.41. The second-order valence-electron chi connectivity index (χ2n) is 8.89. The molecule has 0 saturated carbocycles. The van der Waals surface area contributed by atoms with Crippen molar-refractivity contribution in [2.24, 2.45) is 0 Å². The van der Waals surface area contributed by atoms with Gasteiger partial charge in [0.15, 0.2) is 11.2 Å².